The Morgan fingerprint density at radius 3 is 2.46 bits per heavy atom. The van der Waals surface area contributed by atoms with Crippen LogP contribution in [0.5, 0.6) is 0 Å². The summed E-state index contributed by atoms with van der Waals surface area (Å²) in [5, 5.41) is 5.61. The van der Waals surface area contributed by atoms with E-state index in [1.54, 1.807) is 36.4 Å². The van der Waals surface area contributed by atoms with Gasteiger partial charge in [-0.2, -0.15) is 0 Å². The molecule has 2 aromatic rings. The van der Waals surface area contributed by atoms with E-state index in [0.29, 0.717) is 16.3 Å². The van der Waals surface area contributed by atoms with E-state index in [1.807, 2.05) is 19.1 Å². The molecule has 26 heavy (non-hydrogen) atoms. The van der Waals surface area contributed by atoms with Crippen molar-refractivity contribution in [1.29, 1.82) is 0 Å². The minimum Gasteiger partial charge on any atom is -0.451 e. The highest BCUT2D eigenvalue weighted by Crippen LogP contribution is 2.11. The van der Waals surface area contributed by atoms with Gasteiger partial charge in [-0.1, -0.05) is 23.7 Å². The fraction of sp³-hybridized carbons (Fsp3) is 0.211. The van der Waals surface area contributed by atoms with Crippen LogP contribution in [0.4, 0.5) is 5.69 Å². The van der Waals surface area contributed by atoms with Gasteiger partial charge in [-0.25, -0.2) is 0 Å². The van der Waals surface area contributed by atoms with E-state index in [9.17, 15) is 14.4 Å². The fourth-order valence-electron chi connectivity index (χ4n) is 2.11. The third kappa shape index (κ3) is 5.89. The van der Waals surface area contributed by atoms with Crippen LogP contribution >= 0.6 is 11.6 Å². The van der Waals surface area contributed by atoms with Gasteiger partial charge in [-0.05, 0) is 55.8 Å². The molecular weight excluding hydrogens is 356 g/mol. The van der Waals surface area contributed by atoms with Crippen molar-refractivity contribution in [2.75, 3.05) is 11.9 Å². The van der Waals surface area contributed by atoms with Crippen molar-refractivity contribution in [2.45, 2.75) is 20.0 Å². The van der Waals surface area contributed by atoms with Gasteiger partial charge in [0.25, 0.3) is 11.8 Å². The van der Waals surface area contributed by atoms with Gasteiger partial charge in [0.15, 0.2) is 6.10 Å². The van der Waals surface area contributed by atoms with Crippen molar-refractivity contribution in [1.82, 2.24) is 5.32 Å². The second-order valence-electron chi connectivity index (χ2n) is 5.68. The van der Waals surface area contributed by atoms with Crippen molar-refractivity contribution in [3.63, 3.8) is 0 Å². The normalized spacial score (nSPS) is 11.3. The molecule has 0 aliphatic rings. The number of hydrogen-bond donors (Lipinski definition) is 2. The topological polar surface area (TPSA) is 84.5 Å². The van der Waals surface area contributed by atoms with Gasteiger partial charge in [0, 0.05) is 16.3 Å². The van der Waals surface area contributed by atoms with Crippen LogP contribution in [0, 0.1) is 6.92 Å². The number of rotatable bonds is 6. The van der Waals surface area contributed by atoms with Crippen molar-refractivity contribution in [3.8, 4) is 0 Å². The van der Waals surface area contributed by atoms with E-state index in [4.69, 9.17) is 16.3 Å². The summed E-state index contributed by atoms with van der Waals surface area (Å²) < 4.78 is 5.03. The summed E-state index contributed by atoms with van der Waals surface area (Å²) in [7, 11) is 0. The fourth-order valence-corrected chi connectivity index (χ4v) is 2.24. The molecule has 0 aromatic heterocycles. The summed E-state index contributed by atoms with van der Waals surface area (Å²) in [6.45, 7) is 3.02. The monoisotopic (exact) mass is 374 g/mol. The first-order valence-corrected chi connectivity index (χ1v) is 8.34. The first-order valence-electron chi connectivity index (χ1n) is 7.96. The van der Waals surface area contributed by atoms with E-state index >= 15 is 0 Å². The van der Waals surface area contributed by atoms with Crippen LogP contribution in [0.2, 0.25) is 5.02 Å². The maximum absolute atomic E-state index is 12.1. The van der Waals surface area contributed by atoms with Gasteiger partial charge in [0.05, 0.1) is 0 Å². The summed E-state index contributed by atoms with van der Waals surface area (Å²) >= 11 is 5.75. The highest BCUT2D eigenvalue weighted by atomic mass is 35.5. The Morgan fingerprint density at radius 2 is 1.81 bits per heavy atom. The average molecular weight is 375 g/mol. The van der Waals surface area contributed by atoms with Crippen LogP contribution in [0.25, 0.3) is 0 Å². The smallest absolute Gasteiger partial charge is 0.326 e. The van der Waals surface area contributed by atoms with Crippen LogP contribution in [0.3, 0.4) is 0 Å². The van der Waals surface area contributed by atoms with Crippen LogP contribution in [0.1, 0.15) is 22.8 Å². The van der Waals surface area contributed by atoms with Crippen molar-refractivity contribution in [2.24, 2.45) is 0 Å². The van der Waals surface area contributed by atoms with Crippen LogP contribution in [0.15, 0.2) is 48.5 Å². The lowest BCUT2D eigenvalue weighted by molar-refractivity contribution is -0.152. The molecule has 2 N–H and O–H groups in total. The van der Waals surface area contributed by atoms with Crippen molar-refractivity contribution < 1.29 is 19.1 Å². The zero-order valence-corrected chi connectivity index (χ0v) is 15.2. The molecule has 7 heteroatoms. The lowest BCUT2D eigenvalue weighted by atomic mass is 10.2. The van der Waals surface area contributed by atoms with Crippen molar-refractivity contribution in [3.05, 3.63) is 64.7 Å². The van der Waals surface area contributed by atoms with Crippen LogP contribution in [-0.2, 0) is 14.3 Å². The number of nitrogens with one attached hydrogen (secondary N) is 2. The molecule has 0 heterocycles. The molecule has 2 amide bonds. The van der Waals surface area contributed by atoms with E-state index in [1.165, 1.54) is 6.92 Å². The van der Waals surface area contributed by atoms with Crippen molar-refractivity contribution >= 4 is 35.1 Å². The Bertz CT molecular complexity index is 805. The molecular formula is C19H19ClN2O4. The number of carbonyl (C=O) groups excluding carboxylic acids is 3. The number of esters is 1. The maximum atomic E-state index is 12.1. The maximum Gasteiger partial charge on any atom is 0.326 e. The largest absolute Gasteiger partial charge is 0.451 e. The first-order chi connectivity index (χ1) is 12.3. The Labute approximate surface area is 156 Å². The first kappa shape index (κ1) is 19.5. The number of ether oxygens (including phenoxy) is 1. The molecule has 6 nitrogen and oxygen atoms in total. The molecule has 2 rings (SSSR count). The van der Waals surface area contributed by atoms with Gasteiger partial charge in [0.1, 0.15) is 6.54 Å². The molecule has 1 atom stereocenters. The van der Waals surface area contributed by atoms with E-state index in [-0.39, 0.29) is 6.54 Å². The number of aryl methyl sites for hydroxylation is 1. The average Bonchev–Trinajstić information content (AvgIpc) is 2.60. The molecule has 0 saturated heterocycles. The standard InChI is InChI=1S/C19H19ClN2O4/c1-12-4-3-5-16(10-12)22-18(24)13(2)26-17(23)11-21-19(25)14-6-8-15(20)9-7-14/h3-10,13H,11H2,1-2H3,(H,21,25)(H,22,24)/t13-/m0/s1. The van der Waals surface area contributed by atoms with E-state index < -0.39 is 23.9 Å². The Balaban J connectivity index is 1.80. The minimum atomic E-state index is -0.990. The van der Waals surface area contributed by atoms with Crippen LogP contribution in [-0.4, -0.2) is 30.4 Å². The second-order valence-corrected chi connectivity index (χ2v) is 6.12. The molecule has 2 aromatic carbocycles. The zero-order valence-electron chi connectivity index (χ0n) is 14.4. The molecule has 0 spiro atoms. The summed E-state index contributed by atoms with van der Waals surface area (Å²) in [6.07, 6.45) is -0.990. The molecule has 0 radical (unpaired) electrons. The third-order valence-electron chi connectivity index (χ3n) is 3.46. The second kappa shape index (κ2) is 9.01. The molecule has 0 saturated carbocycles. The predicted molar refractivity (Wildman–Crippen MR) is 99.1 cm³/mol. The lowest BCUT2D eigenvalue weighted by Gasteiger charge is -2.14. The number of benzene rings is 2. The van der Waals surface area contributed by atoms with Gasteiger partial charge < -0.3 is 15.4 Å². The van der Waals surface area contributed by atoms with Gasteiger partial charge in [-0.3, -0.25) is 14.4 Å². The van der Waals surface area contributed by atoms with Gasteiger partial charge in [-0.15, -0.1) is 0 Å². The Morgan fingerprint density at radius 1 is 1.12 bits per heavy atom. The third-order valence-corrected chi connectivity index (χ3v) is 3.71. The molecule has 0 bridgehead atoms. The van der Waals surface area contributed by atoms with Gasteiger partial charge in [0.2, 0.25) is 0 Å². The molecule has 0 unspecified atom stereocenters. The number of halogens is 1. The number of carbonyl (C=O) groups is 3. The Hall–Kier alpha value is -2.86. The highest BCUT2D eigenvalue weighted by Gasteiger charge is 2.18. The molecule has 0 aliphatic heterocycles. The summed E-state index contributed by atoms with van der Waals surface area (Å²) in [6, 6.07) is 13.5. The van der Waals surface area contributed by atoms with E-state index in [0.717, 1.165) is 5.56 Å². The number of hydrogen-bond acceptors (Lipinski definition) is 4. The molecule has 0 aliphatic carbocycles. The Kier molecular flexibility index (Phi) is 6.74. The zero-order chi connectivity index (χ0) is 19.1. The SMILES string of the molecule is Cc1cccc(NC(=O)[C@H](C)OC(=O)CNC(=O)c2ccc(Cl)cc2)c1. The van der Waals surface area contributed by atoms with Crippen LogP contribution < -0.4 is 10.6 Å². The lowest BCUT2D eigenvalue weighted by Crippen LogP contribution is -2.35. The summed E-state index contributed by atoms with van der Waals surface area (Å²) in [4.78, 5) is 35.8. The predicted octanol–water partition coefficient (Wildman–Crippen LogP) is 2.95. The number of amides is 2. The molecule has 136 valence electrons. The summed E-state index contributed by atoms with van der Waals surface area (Å²) in [5.74, 6) is -1.59. The van der Waals surface area contributed by atoms with E-state index in [2.05, 4.69) is 10.6 Å². The summed E-state index contributed by atoms with van der Waals surface area (Å²) in [5.41, 5.74) is 1.98. The minimum absolute atomic E-state index is 0.344. The number of anilines is 1. The molecule has 0 fully saturated rings. The highest BCUT2D eigenvalue weighted by molar-refractivity contribution is 6.30. The quantitative estimate of drug-likeness (QED) is 0.761. The van der Waals surface area contributed by atoms with Gasteiger partial charge >= 0.3 is 5.97 Å².